The maximum atomic E-state index is 12.8. The number of carbonyl (C=O) groups excluding carboxylic acids is 3. The number of unbranched alkanes of at least 4 members (excludes halogenated alkanes) is 25. The van der Waals surface area contributed by atoms with Crippen LogP contribution in [0.2, 0.25) is 0 Å². The van der Waals surface area contributed by atoms with Crippen LogP contribution in [0.15, 0.2) is 72.9 Å². The van der Waals surface area contributed by atoms with E-state index in [1.54, 1.807) is 21.1 Å². The molecule has 0 bridgehead atoms. The molecule has 0 aromatic carbocycles. The fourth-order valence-corrected chi connectivity index (χ4v) is 8.25. The van der Waals surface area contributed by atoms with E-state index in [0.717, 1.165) is 89.9 Å². The summed E-state index contributed by atoms with van der Waals surface area (Å²) >= 11 is 0. The number of carboxylic acid groups (broad SMARTS) is 1. The Morgan fingerprint density at radius 1 is 0.449 bits per heavy atom. The van der Waals surface area contributed by atoms with Gasteiger partial charge in [-0.3, -0.25) is 9.59 Å². The van der Waals surface area contributed by atoms with Crippen molar-refractivity contribution in [2.45, 2.75) is 257 Å². The molecule has 0 aliphatic carbocycles. The Labute approximate surface area is 425 Å². The highest BCUT2D eigenvalue weighted by molar-refractivity contribution is 5.70. The van der Waals surface area contributed by atoms with Crippen molar-refractivity contribution < 1.29 is 38.2 Å². The predicted octanol–water partition coefficient (Wildman–Crippen LogP) is 15.7. The summed E-state index contributed by atoms with van der Waals surface area (Å²) in [6.07, 6.45) is 66.6. The van der Waals surface area contributed by atoms with Crippen molar-refractivity contribution in [2.24, 2.45) is 0 Å². The lowest BCUT2D eigenvalue weighted by Gasteiger charge is -2.34. The topological polar surface area (TPSA) is 102 Å². The summed E-state index contributed by atoms with van der Waals surface area (Å²) in [6.45, 7) is 4.55. The van der Waals surface area contributed by atoms with Gasteiger partial charge in [-0.25, -0.2) is 0 Å². The first-order valence-corrected chi connectivity index (χ1v) is 28.5. The maximum Gasteiger partial charge on any atom is 0.306 e. The summed E-state index contributed by atoms with van der Waals surface area (Å²) in [4.78, 5) is 37.2. The Hall–Kier alpha value is -3.23. The highest BCUT2D eigenvalue weighted by Gasteiger charge is 2.25. The maximum absolute atomic E-state index is 12.8. The summed E-state index contributed by atoms with van der Waals surface area (Å²) in [7, 11) is 5.41. The number of nitrogens with zero attached hydrogens (tertiary/aromatic N) is 1. The molecular weight excluding hydrogens is 859 g/mol. The normalized spacial score (nSPS) is 13.3. The molecule has 0 rings (SSSR count). The first-order valence-electron chi connectivity index (χ1n) is 28.5. The minimum absolute atomic E-state index is 0.0316. The van der Waals surface area contributed by atoms with E-state index >= 15 is 0 Å². The number of rotatable bonds is 51. The molecule has 0 aromatic rings. The van der Waals surface area contributed by atoms with Crippen molar-refractivity contribution in [3.63, 3.8) is 0 Å². The van der Waals surface area contributed by atoms with Crippen LogP contribution in [-0.4, -0.2) is 75.5 Å². The van der Waals surface area contributed by atoms with Gasteiger partial charge in [0, 0.05) is 19.3 Å². The SMILES string of the molecule is CC/C=C/C/C=C/C/C=C/C/C=C/C/C=C/C/C=C/CCCCCCC(=O)OCC(COCCC(C(=O)[O-])[N+](C)(C)C)OC(=O)CCCCCCCCCCCCCCCCCCCCCCCC. The van der Waals surface area contributed by atoms with Crippen LogP contribution in [-0.2, 0) is 28.6 Å². The number of likely N-dealkylation sites (N-methyl/N-ethyl adjacent to an activating group) is 1. The molecule has 2 unspecified atom stereocenters. The number of esters is 2. The Morgan fingerprint density at radius 2 is 0.812 bits per heavy atom. The molecule has 0 fully saturated rings. The number of carboxylic acids is 1. The highest BCUT2D eigenvalue weighted by atomic mass is 16.6. The fourth-order valence-electron chi connectivity index (χ4n) is 8.25. The molecule has 0 spiro atoms. The average Bonchev–Trinajstić information content (AvgIpc) is 3.31. The Balaban J connectivity index is 4.23. The largest absolute Gasteiger partial charge is 0.544 e. The van der Waals surface area contributed by atoms with Crippen LogP contribution in [0.5, 0.6) is 0 Å². The number of hydrogen-bond acceptors (Lipinski definition) is 7. The van der Waals surface area contributed by atoms with E-state index in [-0.39, 0.29) is 42.7 Å². The van der Waals surface area contributed by atoms with Gasteiger partial charge in [0.05, 0.1) is 40.3 Å². The van der Waals surface area contributed by atoms with Crippen molar-refractivity contribution in [2.75, 3.05) is 41.0 Å². The molecule has 8 nitrogen and oxygen atoms in total. The zero-order valence-electron chi connectivity index (χ0n) is 45.5. The third-order valence-corrected chi connectivity index (χ3v) is 12.6. The Morgan fingerprint density at radius 3 is 1.20 bits per heavy atom. The van der Waals surface area contributed by atoms with Crippen molar-refractivity contribution in [1.29, 1.82) is 0 Å². The van der Waals surface area contributed by atoms with E-state index in [2.05, 4.69) is 86.8 Å². The number of aliphatic carboxylic acids is 1. The average molecular weight is 967 g/mol. The third-order valence-electron chi connectivity index (χ3n) is 12.6. The second kappa shape index (κ2) is 51.1. The fraction of sp³-hybridized carbons (Fsp3) is 0.754. The lowest BCUT2D eigenvalue weighted by Crippen LogP contribution is -2.55. The van der Waals surface area contributed by atoms with Crippen LogP contribution in [0.3, 0.4) is 0 Å². The molecule has 2 atom stereocenters. The molecular formula is C61H107NO7. The molecule has 0 heterocycles. The second-order valence-corrected chi connectivity index (χ2v) is 20.2. The van der Waals surface area contributed by atoms with Crippen molar-refractivity contribution in [1.82, 2.24) is 0 Å². The summed E-state index contributed by atoms with van der Waals surface area (Å²) < 4.78 is 17.3. The molecule has 69 heavy (non-hydrogen) atoms. The molecule has 8 heteroatoms. The number of hydrogen-bond donors (Lipinski definition) is 0. The minimum atomic E-state index is -1.13. The third kappa shape index (κ3) is 49.5. The van der Waals surface area contributed by atoms with E-state index in [1.807, 2.05) is 0 Å². The highest BCUT2D eigenvalue weighted by Crippen LogP contribution is 2.17. The van der Waals surface area contributed by atoms with Gasteiger partial charge in [0.1, 0.15) is 12.6 Å². The van der Waals surface area contributed by atoms with Crippen LogP contribution in [0.1, 0.15) is 245 Å². The summed E-state index contributed by atoms with van der Waals surface area (Å²) in [5.74, 6) is -1.76. The summed E-state index contributed by atoms with van der Waals surface area (Å²) in [6, 6.07) is -0.733. The molecule has 0 amide bonds. The van der Waals surface area contributed by atoms with Crippen LogP contribution >= 0.6 is 0 Å². The molecule has 0 radical (unpaired) electrons. The van der Waals surface area contributed by atoms with E-state index in [1.165, 1.54) is 122 Å². The van der Waals surface area contributed by atoms with Crippen LogP contribution in [0.4, 0.5) is 0 Å². The van der Waals surface area contributed by atoms with Crippen molar-refractivity contribution in [3.8, 4) is 0 Å². The molecule has 0 aliphatic rings. The van der Waals surface area contributed by atoms with Crippen LogP contribution < -0.4 is 5.11 Å². The predicted molar refractivity (Wildman–Crippen MR) is 291 cm³/mol. The van der Waals surface area contributed by atoms with Gasteiger partial charge in [0.2, 0.25) is 0 Å². The van der Waals surface area contributed by atoms with Gasteiger partial charge >= 0.3 is 11.9 Å². The summed E-state index contributed by atoms with van der Waals surface area (Å²) in [5, 5.41) is 11.7. The van der Waals surface area contributed by atoms with E-state index in [9.17, 15) is 19.5 Å². The van der Waals surface area contributed by atoms with Gasteiger partial charge < -0.3 is 28.6 Å². The Kier molecular flexibility index (Phi) is 48.7. The number of allylic oxidation sites excluding steroid dienone is 12. The summed E-state index contributed by atoms with van der Waals surface area (Å²) in [5.41, 5.74) is 0. The van der Waals surface area contributed by atoms with Gasteiger partial charge in [-0.05, 0) is 64.2 Å². The van der Waals surface area contributed by atoms with Gasteiger partial charge in [-0.1, -0.05) is 234 Å². The van der Waals surface area contributed by atoms with E-state index in [0.29, 0.717) is 12.8 Å². The lowest BCUT2D eigenvalue weighted by atomic mass is 10.0. The molecule has 0 saturated carbocycles. The first-order chi connectivity index (χ1) is 33.6. The van der Waals surface area contributed by atoms with E-state index < -0.39 is 18.1 Å². The van der Waals surface area contributed by atoms with Crippen LogP contribution in [0.25, 0.3) is 0 Å². The van der Waals surface area contributed by atoms with Gasteiger partial charge in [0.25, 0.3) is 0 Å². The zero-order chi connectivity index (χ0) is 50.6. The Bertz CT molecular complexity index is 1360. The molecule has 0 saturated heterocycles. The molecule has 0 aromatic heterocycles. The molecule has 0 aliphatic heterocycles. The second-order valence-electron chi connectivity index (χ2n) is 20.2. The quantitative estimate of drug-likeness (QED) is 0.0259. The first kappa shape index (κ1) is 65.8. The zero-order valence-corrected chi connectivity index (χ0v) is 45.5. The molecule has 0 N–H and O–H groups in total. The van der Waals surface area contributed by atoms with Gasteiger partial charge in [-0.15, -0.1) is 0 Å². The number of ether oxygens (including phenoxy) is 3. The standard InChI is InChI=1S/C61H107NO7/c1-6-8-10-12-14-16-18-20-22-24-26-28-30-32-33-35-37-39-41-43-45-47-49-51-59(63)68-56-57(55-67-54-53-58(61(65)66)62(3,4)5)69-60(64)52-50-48-46-44-42-40-38-36-34-31-29-27-25-23-21-19-17-15-13-11-9-7-2/h8,10,14,16,20,22,26,28,32-33,37,39,57-58H,6-7,9,11-13,15,17-19,21,23-25,27,29-31,34-36,38,40-56H2,1-5H3/b10-8+,16-14+,22-20+,28-26+,33-32+,39-37+. The van der Waals surface area contributed by atoms with E-state index in [4.69, 9.17) is 14.2 Å². The lowest BCUT2D eigenvalue weighted by molar-refractivity contribution is -0.889. The monoisotopic (exact) mass is 966 g/mol. The van der Waals surface area contributed by atoms with Gasteiger partial charge in [-0.2, -0.15) is 0 Å². The number of carbonyl (C=O) groups is 3. The van der Waals surface area contributed by atoms with Crippen LogP contribution in [0, 0.1) is 0 Å². The smallest absolute Gasteiger partial charge is 0.306 e. The molecule has 398 valence electrons. The van der Waals surface area contributed by atoms with Crippen molar-refractivity contribution in [3.05, 3.63) is 72.9 Å². The minimum Gasteiger partial charge on any atom is -0.544 e. The van der Waals surface area contributed by atoms with Crippen molar-refractivity contribution >= 4 is 17.9 Å². The van der Waals surface area contributed by atoms with Gasteiger partial charge in [0.15, 0.2) is 6.10 Å². The number of quaternary nitrogens is 1.